The van der Waals surface area contributed by atoms with Gasteiger partial charge >= 0.3 is 0 Å². The molecule has 1 aromatic heterocycles. The number of anilines is 1. The molecule has 9 nitrogen and oxygen atoms in total. The van der Waals surface area contributed by atoms with E-state index in [1.807, 2.05) is 13.2 Å². The Morgan fingerprint density at radius 2 is 1.93 bits per heavy atom. The van der Waals surface area contributed by atoms with Crippen LogP contribution in [0.5, 0.6) is 11.5 Å². The molecule has 1 fully saturated rings. The van der Waals surface area contributed by atoms with Crippen LogP contribution in [0.1, 0.15) is 11.5 Å². The third kappa shape index (κ3) is 4.61. The van der Waals surface area contributed by atoms with Crippen LogP contribution in [-0.4, -0.2) is 55.4 Å². The van der Waals surface area contributed by atoms with Crippen molar-refractivity contribution >= 4 is 17.5 Å². The molecule has 1 aliphatic rings. The minimum atomic E-state index is -0.326. The number of rotatable bonds is 7. The molecule has 1 saturated heterocycles. The van der Waals surface area contributed by atoms with Crippen molar-refractivity contribution < 1.29 is 19.1 Å². The number of carbonyl (C=O) groups is 2. The topological polar surface area (TPSA) is 107 Å². The second-order valence-corrected chi connectivity index (χ2v) is 6.69. The molecule has 0 spiro atoms. The van der Waals surface area contributed by atoms with E-state index in [1.54, 1.807) is 29.1 Å². The molecule has 2 heterocycles. The average Bonchev–Trinajstić information content (AvgIpc) is 3.34. The number of hydrogen-bond acceptors (Lipinski definition) is 6. The van der Waals surface area contributed by atoms with Gasteiger partial charge < -0.3 is 25.4 Å². The molecule has 150 valence electrons. The number of methoxy groups -OCH3 is 2. The van der Waals surface area contributed by atoms with E-state index in [-0.39, 0.29) is 30.2 Å². The fourth-order valence-electron chi connectivity index (χ4n) is 3.32. The van der Waals surface area contributed by atoms with E-state index < -0.39 is 0 Å². The lowest BCUT2D eigenvalue weighted by Gasteiger charge is -2.17. The molecule has 9 heteroatoms. The zero-order chi connectivity index (χ0) is 20.1. The summed E-state index contributed by atoms with van der Waals surface area (Å²) in [5.74, 6) is 0.447. The van der Waals surface area contributed by atoms with Crippen LogP contribution in [0.2, 0.25) is 0 Å². The normalized spacial score (nSPS) is 18.5. The number of carbonyl (C=O) groups excluding carboxylic acids is 2. The fraction of sp³-hybridized carbons (Fsp3) is 0.421. The summed E-state index contributed by atoms with van der Waals surface area (Å²) in [6, 6.07) is 5.08. The molecule has 2 aromatic rings. The van der Waals surface area contributed by atoms with Gasteiger partial charge in [0, 0.05) is 56.1 Å². The lowest BCUT2D eigenvalue weighted by molar-refractivity contribution is -0.127. The Bertz CT molecular complexity index is 828. The molecule has 3 rings (SSSR count). The molecule has 0 bridgehead atoms. The molecule has 3 N–H and O–H groups in total. The minimum Gasteiger partial charge on any atom is -0.497 e. The average molecular weight is 387 g/mol. The number of nitrogens with zero attached hydrogens (tertiary/aromatic N) is 2. The molecular formula is C19H25N5O4. The van der Waals surface area contributed by atoms with Gasteiger partial charge in [-0.3, -0.25) is 14.3 Å². The van der Waals surface area contributed by atoms with Gasteiger partial charge in [0.1, 0.15) is 11.5 Å². The van der Waals surface area contributed by atoms with E-state index in [0.717, 1.165) is 5.56 Å². The van der Waals surface area contributed by atoms with E-state index in [4.69, 9.17) is 9.47 Å². The Balaban J connectivity index is 1.56. The third-order valence-corrected chi connectivity index (χ3v) is 4.76. The minimum absolute atomic E-state index is 0.0411. The molecule has 28 heavy (non-hydrogen) atoms. The van der Waals surface area contributed by atoms with Crippen LogP contribution in [0.4, 0.5) is 5.69 Å². The van der Waals surface area contributed by atoms with Gasteiger partial charge in [-0.25, -0.2) is 0 Å². The van der Waals surface area contributed by atoms with Crippen LogP contribution in [0, 0.1) is 5.92 Å². The van der Waals surface area contributed by atoms with Gasteiger partial charge in [-0.05, 0) is 5.56 Å². The second kappa shape index (κ2) is 8.75. The zero-order valence-electron chi connectivity index (χ0n) is 16.2. The highest BCUT2D eigenvalue weighted by Crippen LogP contribution is 2.28. The SMILES string of the molecule is COc1cc(NC(=O)CNC(=O)[C@H]2CNC[C@@H]2c2cnn(C)c2)cc(OC)c1. The van der Waals surface area contributed by atoms with Gasteiger partial charge in [0.25, 0.3) is 0 Å². The summed E-state index contributed by atoms with van der Waals surface area (Å²) in [5.41, 5.74) is 1.55. The van der Waals surface area contributed by atoms with Gasteiger partial charge in [0.2, 0.25) is 11.8 Å². The summed E-state index contributed by atoms with van der Waals surface area (Å²) in [7, 11) is 4.92. The molecule has 2 atom stereocenters. The molecule has 0 saturated carbocycles. The van der Waals surface area contributed by atoms with Gasteiger partial charge in [-0.1, -0.05) is 0 Å². The Kier molecular flexibility index (Phi) is 6.15. The highest BCUT2D eigenvalue weighted by molar-refractivity contribution is 5.95. The summed E-state index contributed by atoms with van der Waals surface area (Å²) in [5, 5.41) is 12.9. The Morgan fingerprint density at radius 3 is 2.54 bits per heavy atom. The fourth-order valence-corrected chi connectivity index (χ4v) is 3.32. The summed E-state index contributed by atoms with van der Waals surface area (Å²) in [6.07, 6.45) is 3.70. The van der Waals surface area contributed by atoms with Crippen molar-refractivity contribution in [3.8, 4) is 11.5 Å². The maximum Gasteiger partial charge on any atom is 0.243 e. The van der Waals surface area contributed by atoms with E-state index in [1.165, 1.54) is 14.2 Å². The van der Waals surface area contributed by atoms with E-state index in [2.05, 4.69) is 21.0 Å². The third-order valence-electron chi connectivity index (χ3n) is 4.76. The first-order valence-corrected chi connectivity index (χ1v) is 9.00. The molecule has 1 aromatic carbocycles. The predicted octanol–water partition coefficient (Wildman–Crippen LogP) is 0.495. The van der Waals surface area contributed by atoms with Gasteiger partial charge in [-0.2, -0.15) is 5.10 Å². The standard InChI is InChI=1S/C19H25N5O4/c1-24-11-12(7-22-24)16-8-20-9-17(16)19(26)21-10-18(25)23-13-4-14(27-2)6-15(5-13)28-3/h4-7,11,16-17,20H,8-10H2,1-3H3,(H,21,26)(H,23,25)/t16-,17+/m1/s1. The lowest BCUT2D eigenvalue weighted by Crippen LogP contribution is -2.39. The van der Waals surface area contributed by atoms with Crippen LogP contribution in [0.15, 0.2) is 30.6 Å². The number of ether oxygens (including phenoxy) is 2. The first kappa shape index (κ1) is 19.7. The van der Waals surface area contributed by atoms with Gasteiger partial charge in [0.15, 0.2) is 0 Å². The summed E-state index contributed by atoms with van der Waals surface area (Å²) in [6.45, 7) is 1.16. The zero-order valence-corrected chi connectivity index (χ0v) is 16.2. The lowest BCUT2D eigenvalue weighted by atomic mass is 9.90. The molecule has 1 aliphatic heterocycles. The first-order chi connectivity index (χ1) is 13.5. The van der Waals surface area contributed by atoms with Crippen LogP contribution < -0.4 is 25.4 Å². The number of benzene rings is 1. The number of aryl methyl sites for hydroxylation is 1. The maximum absolute atomic E-state index is 12.6. The number of hydrogen-bond donors (Lipinski definition) is 3. The van der Waals surface area contributed by atoms with E-state index in [9.17, 15) is 9.59 Å². The Morgan fingerprint density at radius 1 is 1.21 bits per heavy atom. The first-order valence-electron chi connectivity index (χ1n) is 9.00. The van der Waals surface area contributed by atoms with Crippen molar-refractivity contribution in [2.45, 2.75) is 5.92 Å². The van der Waals surface area contributed by atoms with E-state index in [0.29, 0.717) is 30.3 Å². The largest absolute Gasteiger partial charge is 0.497 e. The Hall–Kier alpha value is -3.07. The maximum atomic E-state index is 12.6. The highest BCUT2D eigenvalue weighted by atomic mass is 16.5. The second-order valence-electron chi connectivity index (χ2n) is 6.69. The monoisotopic (exact) mass is 387 g/mol. The van der Waals surface area contributed by atoms with E-state index >= 15 is 0 Å². The highest BCUT2D eigenvalue weighted by Gasteiger charge is 2.34. The van der Waals surface area contributed by atoms with Crippen LogP contribution in [0.3, 0.4) is 0 Å². The molecular weight excluding hydrogens is 362 g/mol. The van der Waals surface area contributed by atoms with Crippen molar-refractivity contribution in [1.82, 2.24) is 20.4 Å². The number of nitrogens with one attached hydrogen (secondary N) is 3. The molecule has 0 aliphatic carbocycles. The van der Waals surface area contributed by atoms with Crippen molar-refractivity contribution in [2.75, 3.05) is 39.2 Å². The summed E-state index contributed by atoms with van der Waals surface area (Å²) >= 11 is 0. The Labute approximate surface area is 163 Å². The van der Waals surface area contributed by atoms with Gasteiger partial charge in [-0.15, -0.1) is 0 Å². The molecule has 2 amide bonds. The van der Waals surface area contributed by atoms with Crippen molar-refractivity contribution in [3.05, 3.63) is 36.2 Å². The smallest absolute Gasteiger partial charge is 0.243 e. The van der Waals surface area contributed by atoms with Crippen molar-refractivity contribution in [2.24, 2.45) is 13.0 Å². The predicted molar refractivity (Wildman–Crippen MR) is 103 cm³/mol. The molecule has 0 radical (unpaired) electrons. The van der Waals surface area contributed by atoms with Crippen molar-refractivity contribution in [1.29, 1.82) is 0 Å². The molecule has 0 unspecified atom stereocenters. The van der Waals surface area contributed by atoms with Gasteiger partial charge in [0.05, 0.1) is 32.9 Å². The number of aromatic nitrogens is 2. The number of amides is 2. The van der Waals surface area contributed by atoms with Crippen molar-refractivity contribution in [3.63, 3.8) is 0 Å². The quantitative estimate of drug-likeness (QED) is 0.639. The summed E-state index contributed by atoms with van der Waals surface area (Å²) < 4.78 is 12.1. The van der Waals surface area contributed by atoms with Crippen LogP contribution in [0.25, 0.3) is 0 Å². The van der Waals surface area contributed by atoms with Crippen LogP contribution >= 0.6 is 0 Å². The summed E-state index contributed by atoms with van der Waals surface area (Å²) in [4.78, 5) is 24.8. The van der Waals surface area contributed by atoms with Crippen LogP contribution in [-0.2, 0) is 16.6 Å².